The van der Waals surface area contributed by atoms with Crippen molar-refractivity contribution < 1.29 is 28.8 Å². The lowest BCUT2D eigenvalue weighted by molar-refractivity contribution is -0.132. The Morgan fingerprint density at radius 2 is 2.00 bits per heavy atom. The van der Waals surface area contributed by atoms with Crippen molar-refractivity contribution in [1.82, 2.24) is 0 Å². The highest BCUT2D eigenvalue weighted by Gasteiger charge is 2.12. The minimum atomic E-state index is -4.36. The van der Waals surface area contributed by atoms with Gasteiger partial charge in [-0.1, -0.05) is 6.08 Å². The van der Waals surface area contributed by atoms with Crippen molar-refractivity contribution in [2.75, 3.05) is 6.61 Å². The summed E-state index contributed by atoms with van der Waals surface area (Å²) in [6.45, 7) is 1.47. The van der Waals surface area contributed by atoms with E-state index in [0.717, 1.165) is 0 Å². The molecule has 0 aliphatic heterocycles. The Hall–Kier alpha value is -0.680. The number of hydrogen-bond donors (Lipinski definition) is 3. The molecule has 0 saturated heterocycles. The van der Waals surface area contributed by atoms with Crippen molar-refractivity contribution in [2.45, 2.75) is 26.2 Å². The first-order valence-electron chi connectivity index (χ1n) is 4.43. The van der Waals surface area contributed by atoms with Crippen molar-refractivity contribution in [3.8, 4) is 0 Å². The summed E-state index contributed by atoms with van der Waals surface area (Å²) in [5.41, 5.74) is 0.269. The zero-order valence-electron chi connectivity index (χ0n) is 8.42. The van der Waals surface area contributed by atoms with E-state index in [0.29, 0.717) is 19.3 Å². The van der Waals surface area contributed by atoms with Crippen LogP contribution in [0.15, 0.2) is 11.6 Å². The second kappa shape index (κ2) is 6.74. The minimum Gasteiger partial charge on any atom is -0.478 e. The van der Waals surface area contributed by atoms with Crippen LogP contribution in [0.5, 0.6) is 0 Å². The van der Waals surface area contributed by atoms with Gasteiger partial charge in [-0.15, -0.1) is 0 Å². The molecule has 0 aromatic rings. The highest BCUT2D eigenvalue weighted by atomic mass is 31.2. The molecule has 15 heavy (non-hydrogen) atoms. The third-order valence-electron chi connectivity index (χ3n) is 1.65. The molecular weight excluding hydrogens is 223 g/mol. The fourth-order valence-corrected chi connectivity index (χ4v) is 1.20. The summed E-state index contributed by atoms with van der Waals surface area (Å²) < 4.78 is 14.5. The smallest absolute Gasteiger partial charge is 0.469 e. The van der Waals surface area contributed by atoms with E-state index in [9.17, 15) is 9.36 Å². The standard InChI is InChI=1S/C8H15O6P/c1-7(8(9)10)5-3-2-4-6-14-15(11,12)13/h5H,2-4,6H2,1H3,(H,9,10)(H2,11,12,13). The Balaban J connectivity index is 3.53. The predicted octanol–water partition coefficient (Wildman–Crippen LogP) is 1.30. The van der Waals surface area contributed by atoms with Gasteiger partial charge in [0.2, 0.25) is 0 Å². The molecule has 0 aromatic heterocycles. The van der Waals surface area contributed by atoms with Gasteiger partial charge < -0.3 is 14.9 Å². The van der Waals surface area contributed by atoms with Crippen LogP contribution < -0.4 is 0 Å². The number of phosphoric acid groups is 1. The van der Waals surface area contributed by atoms with Gasteiger partial charge >= 0.3 is 13.8 Å². The van der Waals surface area contributed by atoms with E-state index >= 15 is 0 Å². The summed E-state index contributed by atoms with van der Waals surface area (Å²) in [5, 5.41) is 8.50. The average molecular weight is 238 g/mol. The Morgan fingerprint density at radius 3 is 2.47 bits per heavy atom. The lowest BCUT2D eigenvalue weighted by Crippen LogP contribution is -1.96. The third-order valence-corrected chi connectivity index (χ3v) is 2.16. The molecule has 0 spiro atoms. The van der Waals surface area contributed by atoms with Gasteiger partial charge in [-0.25, -0.2) is 9.36 Å². The fourth-order valence-electron chi connectivity index (χ4n) is 0.836. The largest absolute Gasteiger partial charge is 0.478 e. The summed E-state index contributed by atoms with van der Waals surface area (Å²) in [6.07, 6.45) is 3.24. The Bertz CT molecular complexity index is 279. The van der Waals surface area contributed by atoms with Gasteiger partial charge in [-0.05, 0) is 26.2 Å². The molecule has 0 radical (unpaired) electrons. The average Bonchev–Trinajstić information content (AvgIpc) is 2.08. The monoisotopic (exact) mass is 238 g/mol. The number of phosphoric ester groups is 1. The molecule has 88 valence electrons. The first-order valence-corrected chi connectivity index (χ1v) is 5.96. The van der Waals surface area contributed by atoms with E-state index in [1.165, 1.54) is 6.92 Å². The highest BCUT2D eigenvalue weighted by Crippen LogP contribution is 2.35. The van der Waals surface area contributed by atoms with Crippen molar-refractivity contribution in [3.05, 3.63) is 11.6 Å². The molecule has 0 heterocycles. The van der Waals surface area contributed by atoms with Gasteiger partial charge in [0.05, 0.1) is 6.61 Å². The predicted molar refractivity (Wildman–Crippen MR) is 53.2 cm³/mol. The molecule has 0 saturated carbocycles. The number of aliphatic carboxylic acids is 1. The molecule has 7 heteroatoms. The van der Waals surface area contributed by atoms with E-state index in [-0.39, 0.29) is 12.2 Å². The Morgan fingerprint density at radius 1 is 1.40 bits per heavy atom. The quantitative estimate of drug-likeness (QED) is 0.351. The van der Waals surface area contributed by atoms with Crippen LogP contribution in [-0.2, 0) is 13.9 Å². The number of carboxylic acids is 1. The topological polar surface area (TPSA) is 104 Å². The number of allylic oxidation sites excluding steroid dienone is 1. The van der Waals surface area contributed by atoms with Crippen LogP contribution in [0.25, 0.3) is 0 Å². The third kappa shape index (κ3) is 9.62. The van der Waals surface area contributed by atoms with Crippen molar-refractivity contribution >= 4 is 13.8 Å². The van der Waals surface area contributed by atoms with Crippen molar-refractivity contribution in [1.29, 1.82) is 0 Å². The van der Waals surface area contributed by atoms with Crippen molar-refractivity contribution in [3.63, 3.8) is 0 Å². The van der Waals surface area contributed by atoms with Crippen LogP contribution in [-0.4, -0.2) is 27.5 Å². The minimum absolute atomic E-state index is 0.0236. The number of carbonyl (C=O) groups is 1. The van der Waals surface area contributed by atoms with Crippen LogP contribution in [0.4, 0.5) is 0 Å². The SMILES string of the molecule is CC(=CCCCCOP(=O)(O)O)C(=O)O. The zero-order valence-corrected chi connectivity index (χ0v) is 9.31. The zero-order chi connectivity index (χ0) is 11.9. The van der Waals surface area contributed by atoms with Gasteiger partial charge in [0.15, 0.2) is 0 Å². The molecule has 0 aliphatic rings. The molecule has 6 nitrogen and oxygen atoms in total. The highest BCUT2D eigenvalue weighted by molar-refractivity contribution is 7.46. The fraction of sp³-hybridized carbons (Fsp3) is 0.625. The van der Waals surface area contributed by atoms with Crippen LogP contribution in [0.2, 0.25) is 0 Å². The molecule has 0 amide bonds. The van der Waals surface area contributed by atoms with Crippen LogP contribution >= 0.6 is 7.82 Å². The number of hydrogen-bond acceptors (Lipinski definition) is 3. The van der Waals surface area contributed by atoms with Gasteiger partial charge in [0, 0.05) is 5.57 Å². The molecule has 0 unspecified atom stereocenters. The van der Waals surface area contributed by atoms with Gasteiger partial charge in [-0.2, -0.15) is 0 Å². The van der Waals surface area contributed by atoms with E-state index < -0.39 is 13.8 Å². The summed E-state index contributed by atoms with van der Waals surface area (Å²) in [7, 11) is -4.36. The molecule has 3 N–H and O–H groups in total. The van der Waals surface area contributed by atoms with Gasteiger partial charge in [0.1, 0.15) is 0 Å². The molecule has 0 fully saturated rings. The molecule has 0 atom stereocenters. The summed E-state index contributed by atoms with van der Waals surface area (Å²) in [5.74, 6) is -0.957. The Labute approximate surface area is 87.8 Å². The second-order valence-corrected chi connectivity index (χ2v) is 4.25. The first-order chi connectivity index (χ1) is 6.83. The van der Waals surface area contributed by atoms with E-state index in [1.54, 1.807) is 6.08 Å². The van der Waals surface area contributed by atoms with E-state index in [1.807, 2.05) is 0 Å². The first kappa shape index (κ1) is 14.3. The number of rotatable bonds is 7. The Kier molecular flexibility index (Phi) is 6.43. The molecule has 0 aromatic carbocycles. The summed E-state index contributed by atoms with van der Waals surface area (Å²) in [4.78, 5) is 27.0. The number of carboxylic acid groups (broad SMARTS) is 1. The lowest BCUT2D eigenvalue weighted by Gasteiger charge is -2.03. The molecular formula is C8H15O6P. The summed E-state index contributed by atoms with van der Waals surface area (Å²) >= 11 is 0. The molecule has 0 rings (SSSR count). The van der Waals surface area contributed by atoms with Crippen LogP contribution in [0, 0.1) is 0 Å². The maximum absolute atomic E-state index is 10.4. The maximum Gasteiger partial charge on any atom is 0.469 e. The number of unbranched alkanes of at least 4 members (excludes halogenated alkanes) is 2. The van der Waals surface area contributed by atoms with Crippen LogP contribution in [0.3, 0.4) is 0 Å². The van der Waals surface area contributed by atoms with Gasteiger partial charge in [-0.3, -0.25) is 4.52 Å². The normalized spacial score (nSPS) is 12.9. The van der Waals surface area contributed by atoms with Gasteiger partial charge in [0.25, 0.3) is 0 Å². The maximum atomic E-state index is 10.4. The second-order valence-electron chi connectivity index (χ2n) is 3.01. The van der Waals surface area contributed by atoms with E-state index in [2.05, 4.69) is 4.52 Å². The van der Waals surface area contributed by atoms with Crippen LogP contribution in [0.1, 0.15) is 26.2 Å². The van der Waals surface area contributed by atoms with Crippen molar-refractivity contribution in [2.24, 2.45) is 0 Å². The summed E-state index contributed by atoms with van der Waals surface area (Å²) in [6, 6.07) is 0. The molecule has 0 bridgehead atoms. The van der Waals surface area contributed by atoms with E-state index in [4.69, 9.17) is 14.9 Å². The lowest BCUT2D eigenvalue weighted by atomic mass is 10.2. The molecule has 0 aliphatic carbocycles.